The largest absolute Gasteiger partial charge is 0.474 e. The van der Waals surface area contributed by atoms with Crippen molar-refractivity contribution in [2.75, 3.05) is 6.61 Å². The van der Waals surface area contributed by atoms with Crippen molar-refractivity contribution >= 4 is 16.7 Å². The third-order valence-electron chi connectivity index (χ3n) is 7.10. The zero-order valence-corrected chi connectivity index (χ0v) is 19.0. The summed E-state index contributed by atoms with van der Waals surface area (Å²) in [6.45, 7) is 4.50. The summed E-state index contributed by atoms with van der Waals surface area (Å²) in [6.07, 6.45) is 9.01. The molecule has 3 aromatic heterocycles. The Morgan fingerprint density at radius 1 is 1.12 bits per heavy atom. The van der Waals surface area contributed by atoms with Crippen molar-refractivity contribution in [3.63, 3.8) is 0 Å². The Morgan fingerprint density at radius 3 is 2.70 bits per heavy atom. The number of pyridine rings is 3. The summed E-state index contributed by atoms with van der Waals surface area (Å²) in [5, 5.41) is 1.97. The van der Waals surface area contributed by atoms with Gasteiger partial charge in [0.15, 0.2) is 0 Å². The zero-order chi connectivity index (χ0) is 22.7. The highest BCUT2D eigenvalue weighted by Gasteiger charge is 2.41. The lowest BCUT2D eigenvalue weighted by Gasteiger charge is -2.27. The molecular formula is C26H28N4O3. The lowest BCUT2D eigenvalue weighted by atomic mass is 9.86. The molecule has 2 N–H and O–H groups in total. The maximum atomic E-state index is 12.0. The van der Waals surface area contributed by atoms with Gasteiger partial charge in [-0.3, -0.25) is 9.97 Å². The molecule has 33 heavy (non-hydrogen) atoms. The Balaban J connectivity index is 1.40. The van der Waals surface area contributed by atoms with Crippen molar-refractivity contribution in [1.82, 2.24) is 15.0 Å². The number of nitrogens with two attached hydrogens (primary N) is 1. The Morgan fingerprint density at radius 2 is 1.94 bits per heavy atom. The van der Waals surface area contributed by atoms with E-state index in [4.69, 9.17) is 25.2 Å². The van der Waals surface area contributed by atoms with E-state index in [1.807, 2.05) is 31.5 Å². The van der Waals surface area contributed by atoms with E-state index in [0.717, 1.165) is 59.1 Å². The average molecular weight is 445 g/mol. The summed E-state index contributed by atoms with van der Waals surface area (Å²) in [4.78, 5) is 26.2. The highest BCUT2D eigenvalue weighted by atomic mass is 16.5. The molecule has 0 aromatic carbocycles. The first kappa shape index (κ1) is 20.5. The van der Waals surface area contributed by atoms with Crippen LogP contribution in [0.25, 0.3) is 10.8 Å². The molecule has 0 radical (unpaired) electrons. The van der Waals surface area contributed by atoms with Gasteiger partial charge in [-0.2, -0.15) is 0 Å². The summed E-state index contributed by atoms with van der Waals surface area (Å²) >= 11 is 0. The van der Waals surface area contributed by atoms with Crippen LogP contribution in [0.1, 0.15) is 78.5 Å². The number of hydrogen-bond donors (Lipinski definition) is 1. The summed E-state index contributed by atoms with van der Waals surface area (Å²) in [5.74, 6) is 0.895. The predicted octanol–water partition coefficient (Wildman–Crippen LogP) is 4.01. The van der Waals surface area contributed by atoms with Gasteiger partial charge in [-0.25, -0.2) is 9.78 Å². The van der Waals surface area contributed by atoms with Crippen molar-refractivity contribution in [2.45, 2.75) is 63.5 Å². The quantitative estimate of drug-likeness (QED) is 0.573. The highest BCUT2D eigenvalue weighted by molar-refractivity contribution is 5.92. The van der Waals surface area contributed by atoms with E-state index in [1.54, 1.807) is 0 Å². The van der Waals surface area contributed by atoms with Crippen LogP contribution in [0.3, 0.4) is 0 Å². The monoisotopic (exact) mass is 444 g/mol. The van der Waals surface area contributed by atoms with Crippen molar-refractivity contribution < 1.29 is 14.3 Å². The van der Waals surface area contributed by atoms with Crippen LogP contribution in [0.15, 0.2) is 30.6 Å². The average Bonchev–Trinajstić information content (AvgIpc) is 3.70. The molecule has 0 spiro atoms. The van der Waals surface area contributed by atoms with E-state index in [1.165, 1.54) is 0 Å². The van der Waals surface area contributed by atoms with Crippen LogP contribution in [-0.2, 0) is 16.7 Å². The second-order valence-corrected chi connectivity index (χ2v) is 9.98. The Kier molecular flexibility index (Phi) is 4.66. The third kappa shape index (κ3) is 3.74. The maximum Gasteiger partial charge on any atom is 0.340 e. The zero-order valence-electron chi connectivity index (χ0n) is 19.0. The van der Waals surface area contributed by atoms with Gasteiger partial charge in [0.2, 0.25) is 5.88 Å². The van der Waals surface area contributed by atoms with Crippen LogP contribution < -0.4 is 10.5 Å². The van der Waals surface area contributed by atoms with E-state index in [2.05, 4.69) is 18.0 Å². The molecular weight excluding hydrogens is 416 g/mol. The van der Waals surface area contributed by atoms with E-state index in [0.29, 0.717) is 30.4 Å². The number of hydrogen-bond acceptors (Lipinski definition) is 7. The Labute approximate surface area is 192 Å². The molecule has 2 aliphatic carbocycles. The number of ether oxygens (including phenoxy) is 2. The van der Waals surface area contributed by atoms with Gasteiger partial charge in [-0.05, 0) is 67.7 Å². The fourth-order valence-corrected chi connectivity index (χ4v) is 4.73. The molecule has 0 saturated heterocycles. The van der Waals surface area contributed by atoms with E-state index >= 15 is 0 Å². The summed E-state index contributed by atoms with van der Waals surface area (Å²) in [7, 11) is 0. The Hall–Kier alpha value is -3.06. The number of aromatic nitrogens is 3. The molecule has 2 fully saturated rings. The van der Waals surface area contributed by atoms with E-state index in [-0.39, 0.29) is 18.0 Å². The fourth-order valence-electron chi connectivity index (χ4n) is 4.73. The number of carbonyl (C=O) groups is 1. The van der Waals surface area contributed by atoms with Gasteiger partial charge in [-0.1, -0.05) is 6.92 Å². The minimum Gasteiger partial charge on any atom is -0.474 e. The Bertz CT molecular complexity index is 1260. The van der Waals surface area contributed by atoms with Gasteiger partial charge in [0.05, 0.1) is 23.3 Å². The molecule has 0 bridgehead atoms. The highest BCUT2D eigenvalue weighted by Crippen LogP contribution is 2.46. The molecule has 7 heteroatoms. The SMILES string of the molecule is C[C@H]1COC(=O)c2ccc(Cc3cc4c([C@](C)(N)C5CC5)cnc(OC5CC5)c4cn3)nc21. The number of esters is 1. The third-order valence-corrected chi connectivity index (χ3v) is 7.10. The van der Waals surface area contributed by atoms with E-state index in [9.17, 15) is 4.79 Å². The van der Waals surface area contributed by atoms with Gasteiger partial charge in [0, 0.05) is 41.7 Å². The number of rotatable bonds is 6. The topological polar surface area (TPSA) is 100 Å². The normalized spacial score (nSPS) is 21.9. The molecule has 3 aliphatic rings. The molecule has 3 aromatic rings. The number of fused-ring (bicyclic) bond motifs is 2. The van der Waals surface area contributed by atoms with Crippen LogP contribution in [0.5, 0.6) is 5.88 Å². The first-order valence-electron chi connectivity index (χ1n) is 11.8. The molecule has 7 nitrogen and oxygen atoms in total. The summed E-state index contributed by atoms with van der Waals surface area (Å²) in [6, 6.07) is 5.81. The van der Waals surface area contributed by atoms with Crippen LogP contribution in [0.4, 0.5) is 0 Å². The molecule has 2 atom stereocenters. The van der Waals surface area contributed by atoms with Crippen molar-refractivity contribution in [3.05, 3.63) is 58.8 Å². The number of nitrogens with zero attached hydrogens (tertiary/aromatic N) is 3. The number of carbonyl (C=O) groups excluding carboxylic acids is 1. The molecule has 6 rings (SSSR count). The van der Waals surface area contributed by atoms with Crippen LogP contribution in [0, 0.1) is 5.92 Å². The standard InChI is InChI=1S/C26H28N4O3/c1-14-13-32-25(31)19-8-5-16(30-23(14)19)9-17-10-20-21(11-28-17)24(33-18-6-7-18)29-12-22(20)26(2,27)15-3-4-15/h5,8,10-12,14-15,18H,3-4,6-7,9,13,27H2,1-2H3/t14-,26+/m0/s1. The summed E-state index contributed by atoms with van der Waals surface area (Å²) < 4.78 is 11.3. The molecule has 2 saturated carbocycles. The van der Waals surface area contributed by atoms with E-state index < -0.39 is 5.54 Å². The van der Waals surface area contributed by atoms with Crippen molar-refractivity contribution in [1.29, 1.82) is 0 Å². The van der Waals surface area contributed by atoms with Crippen molar-refractivity contribution in [2.24, 2.45) is 11.7 Å². The molecule has 170 valence electrons. The second-order valence-electron chi connectivity index (χ2n) is 9.98. The lowest BCUT2D eigenvalue weighted by molar-refractivity contribution is 0.0444. The van der Waals surface area contributed by atoms with Gasteiger partial charge in [0.1, 0.15) is 6.10 Å². The minimum absolute atomic E-state index is 0.0820. The van der Waals surface area contributed by atoms with Crippen LogP contribution in [0.2, 0.25) is 0 Å². The van der Waals surface area contributed by atoms with Gasteiger partial charge in [-0.15, -0.1) is 0 Å². The van der Waals surface area contributed by atoms with Gasteiger partial charge >= 0.3 is 5.97 Å². The maximum absolute atomic E-state index is 12.0. The van der Waals surface area contributed by atoms with Gasteiger partial charge < -0.3 is 15.2 Å². The molecule has 0 amide bonds. The van der Waals surface area contributed by atoms with Crippen molar-refractivity contribution in [3.8, 4) is 5.88 Å². The lowest BCUT2D eigenvalue weighted by Crippen LogP contribution is -2.35. The fraction of sp³-hybridized carbons (Fsp3) is 0.462. The number of cyclic esters (lactones) is 1. The molecule has 0 unspecified atom stereocenters. The predicted molar refractivity (Wildman–Crippen MR) is 123 cm³/mol. The second kappa shape index (κ2) is 7.48. The van der Waals surface area contributed by atoms with Crippen LogP contribution in [-0.4, -0.2) is 33.6 Å². The minimum atomic E-state index is -0.443. The first-order chi connectivity index (χ1) is 15.9. The molecule has 4 heterocycles. The summed E-state index contributed by atoms with van der Waals surface area (Å²) in [5.41, 5.74) is 10.6. The van der Waals surface area contributed by atoms with Crippen LogP contribution >= 0.6 is 0 Å². The first-order valence-corrected chi connectivity index (χ1v) is 11.8. The smallest absolute Gasteiger partial charge is 0.340 e. The molecule has 1 aliphatic heterocycles. The van der Waals surface area contributed by atoms with Gasteiger partial charge in [0.25, 0.3) is 0 Å².